The number of rotatable bonds is 13. The van der Waals surface area contributed by atoms with Crippen LogP contribution in [0, 0.1) is 0 Å². The summed E-state index contributed by atoms with van der Waals surface area (Å²) in [5.41, 5.74) is 1.15. The van der Waals surface area contributed by atoms with Crippen LogP contribution in [0.3, 0.4) is 0 Å². The van der Waals surface area contributed by atoms with Crippen molar-refractivity contribution in [3.63, 3.8) is 0 Å². The van der Waals surface area contributed by atoms with E-state index in [1.807, 2.05) is 67.6 Å². The molecule has 234 valence electrons. The minimum absolute atomic E-state index is 0.0584. The number of amides is 2. The molecule has 0 radical (unpaired) electrons. The number of sulfonamides is 1. The van der Waals surface area contributed by atoms with Crippen LogP contribution in [0.1, 0.15) is 44.6 Å². The fourth-order valence-electron chi connectivity index (χ4n) is 5.62. The molecule has 2 amide bonds. The van der Waals surface area contributed by atoms with Crippen molar-refractivity contribution >= 4 is 27.5 Å². The average molecular weight is 626 g/mol. The van der Waals surface area contributed by atoms with E-state index in [0.29, 0.717) is 23.6 Å². The molecule has 9 heteroatoms. The van der Waals surface area contributed by atoms with Crippen LogP contribution in [0.25, 0.3) is 0 Å². The van der Waals surface area contributed by atoms with Gasteiger partial charge in [-0.1, -0.05) is 86.5 Å². The van der Waals surface area contributed by atoms with Gasteiger partial charge in [0, 0.05) is 12.6 Å². The van der Waals surface area contributed by atoms with E-state index in [9.17, 15) is 18.0 Å². The molecule has 0 aromatic heterocycles. The van der Waals surface area contributed by atoms with E-state index in [1.54, 1.807) is 42.5 Å². The Morgan fingerprint density at radius 1 is 0.800 bits per heavy atom. The van der Waals surface area contributed by atoms with Crippen LogP contribution in [-0.2, 0) is 26.2 Å². The number of anilines is 1. The molecule has 1 fully saturated rings. The zero-order valence-electron chi connectivity index (χ0n) is 25.4. The predicted molar refractivity (Wildman–Crippen MR) is 175 cm³/mol. The minimum atomic E-state index is -4.15. The third-order valence-electron chi connectivity index (χ3n) is 8.00. The van der Waals surface area contributed by atoms with E-state index in [0.717, 1.165) is 35.6 Å². The smallest absolute Gasteiger partial charge is 0.264 e. The van der Waals surface area contributed by atoms with Crippen molar-refractivity contribution in [2.45, 2.75) is 62.6 Å². The lowest BCUT2D eigenvalue weighted by Crippen LogP contribution is -2.53. The van der Waals surface area contributed by atoms with Crippen LogP contribution < -0.4 is 14.4 Å². The van der Waals surface area contributed by atoms with Crippen LogP contribution in [-0.4, -0.2) is 43.8 Å². The van der Waals surface area contributed by atoms with Gasteiger partial charge in [-0.15, -0.1) is 0 Å². The zero-order valence-corrected chi connectivity index (χ0v) is 26.2. The first-order valence-electron chi connectivity index (χ1n) is 15.4. The van der Waals surface area contributed by atoms with Crippen LogP contribution in [0.4, 0.5) is 5.69 Å². The number of para-hydroxylation sites is 1. The first-order chi connectivity index (χ1) is 21.8. The molecule has 45 heavy (non-hydrogen) atoms. The Morgan fingerprint density at radius 3 is 1.96 bits per heavy atom. The molecular weight excluding hydrogens is 586 g/mol. The van der Waals surface area contributed by atoms with Gasteiger partial charge < -0.3 is 15.0 Å². The molecule has 0 aliphatic heterocycles. The van der Waals surface area contributed by atoms with Gasteiger partial charge in [-0.25, -0.2) is 8.42 Å². The number of hydrogen-bond acceptors (Lipinski definition) is 5. The van der Waals surface area contributed by atoms with Gasteiger partial charge >= 0.3 is 0 Å². The molecule has 1 unspecified atom stereocenters. The Balaban J connectivity index is 1.47. The molecular formula is C36H39N3O5S. The average Bonchev–Trinajstić information content (AvgIpc) is 3.58. The van der Waals surface area contributed by atoms with E-state index in [4.69, 9.17) is 4.74 Å². The molecule has 0 heterocycles. The molecule has 0 bridgehead atoms. The van der Waals surface area contributed by atoms with Gasteiger partial charge in [0.15, 0.2) is 0 Å². The number of carbonyl (C=O) groups is 2. The Hall–Kier alpha value is -4.63. The summed E-state index contributed by atoms with van der Waals surface area (Å²) in [6.07, 6.45) is 4.35. The maximum absolute atomic E-state index is 14.3. The molecule has 1 aliphatic rings. The van der Waals surface area contributed by atoms with Crippen molar-refractivity contribution in [1.82, 2.24) is 10.2 Å². The van der Waals surface area contributed by atoms with Gasteiger partial charge in [0.05, 0.1) is 10.6 Å². The molecule has 1 saturated carbocycles. The summed E-state index contributed by atoms with van der Waals surface area (Å²) < 4.78 is 35.2. The van der Waals surface area contributed by atoms with Crippen LogP contribution >= 0.6 is 0 Å². The topological polar surface area (TPSA) is 96.0 Å². The molecule has 1 aliphatic carbocycles. The quantitative estimate of drug-likeness (QED) is 0.182. The number of ether oxygens (including phenoxy) is 1. The monoisotopic (exact) mass is 625 g/mol. The number of carbonyl (C=O) groups excluding carboxylic acids is 2. The summed E-state index contributed by atoms with van der Waals surface area (Å²) in [5.74, 6) is 0.478. The lowest BCUT2D eigenvalue weighted by molar-refractivity contribution is -0.140. The van der Waals surface area contributed by atoms with Crippen LogP contribution in [0.2, 0.25) is 0 Å². The highest BCUT2D eigenvalue weighted by Crippen LogP contribution is 2.29. The standard InChI is InChI=1S/C36H39N3O5S/c1-2-34(36(41)37-29-16-12-13-17-29)38(26-28-14-6-3-7-15-28)35(40)27-39(45(42,43)33-20-10-5-11-21-33)30-22-24-32(25-23-30)44-31-18-8-4-9-19-31/h3-11,14-15,18-25,29,34H,2,12-13,16-17,26-27H2,1H3,(H,37,41). The largest absolute Gasteiger partial charge is 0.457 e. The summed E-state index contributed by atoms with van der Waals surface area (Å²) >= 11 is 0. The molecule has 5 rings (SSSR count). The Bertz CT molecular complexity index is 1640. The number of nitrogens with zero attached hydrogens (tertiary/aromatic N) is 2. The highest BCUT2D eigenvalue weighted by Gasteiger charge is 2.34. The van der Waals surface area contributed by atoms with E-state index in [2.05, 4.69) is 5.32 Å². The summed E-state index contributed by atoms with van der Waals surface area (Å²) in [7, 11) is -4.15. The Kier molecular flexibility index (Phi) is 10.5. The first-order valence-corrected chi connectivity index (χ1v) is 16.8. The summed E-state index contributed by atoms with van der Waals surface area (Å²) in [6, 6.07) is 32.7. The van der Waals surface area contributed by atoms with Crippen molar-refractivity contribution in [3.05, 3.63) is 121 Å². The molecule has 1 N–H and O–H groups in total. The third kappa shape index (κ3) is 8.10. The minimum Gasteiger partial charge on any atom is -0.457 e. The second-order valence-corrected chi connectivity index (χ2v) is 13.0. The lowest BCUT2D eigenvalue weighted by atomic mass is 10.1. The fraction of sp³-hybridized carbons (Fsp3) is 0.278. The van der Waals surface area contributed by atoms with Crippen LogP contribution in [0.5, 0.6) is 11.5 Å². The second-order valence-electron chi connectivity index (χ2n) is 11.2. The van der Waals surface area contributed by atoms with E-state index in [-0.39, 0.29) is 23.4 Å². The summed E-state index contributed by atoms with van der Waals surface area (Å²) in [4.78, 5) is 29.4. The van der Waals surface area contributed by atoms with Crippen molar-refractivity contribution in [2.24, 2.45) is 0 Å². The zero-order chi connectivity index (χ0) is 31.6. The predicted octanol–water partition coefficient (Wildman–Crippen LogP) is 6.54. The third-order valence-corrected chi connectivity index (χ3v) is 9.78. The van der Waals surface area contributed by atoms with Crippen molar-refractivity contribution in [3.8, 4) is 11.5 Å². The lowest BCUT2D eigenvalue weighted by Gasteiger charge is -2.33. The molecule has 0 spiro atoms. The summed E-state index contributed by atoms with van der Waals surface area (Å²) in [5, 5.41) is 3.14. The van der Waals surface area contributed by atoms with Gasteiger partial charge in [0.25, 0.3) is 10.0 Å². The van der Waals surface area contributed by atoms with Crippen molar-refractivity contribution in [1.29, 1.82) is 0 Å². The Morgan fingerprint density at radius 2 is 1.36 bits per heavy atom. The van der Waals surface area contributed by atoms with Crippen LogP contribution in [0.15, 0.2) is 120 Å². The maximum Gasteiger partial charge on any atom is 0.264 e. The van der Waals surface area contributed by atoms with Gasteiger partial charge in [-0.3, -0.25) is 13.9 Å². The number of nitrogens with one attached hydrogen (secondary N) is 1. The fourth-order valence-corrected chi connectivity index (χ4v) is 7.06. The number of benzene rings is 4. The molecule has 4 aromatic carbocycles. The highest BCUT2D eigenvalue weighted by molar-refractivity contribution is 7.92. The van der Waals surface area contributed by atoms with Gasteiger partial charge in [-0.2, -0.15) is 0 Å². The van der Waals surface area contributed by atoms with E-state index >= 15 is 0 Å². The van der Waals surface area contributed by atoms with Crippen molar-refractivity contribution in [2.75, 3.05) is 10.8 Å². The first kappa shape index (κ1) is 31.8. The van der Waals surface area contributed by atoms with Gasteiger partial charge in [0.2, 0.25) is 11.8 Å². The maximum atomic E-state index is 14.3. The molecule has 4 aromatic rings. The second kappa shape index (κ2) is 14.9. The molecule has 1 atom stereocenters. The van der Waals surface area contributed by atoms with Gasteiger partial charge in [0.1, 0.15) is 24.1 Å². The van der Waals surface area contributed by atoms with Crippen molar-refractivity contribution < 1.29 is 22.7 Å². The Labute approximate surface area is 265 Å². The van der Waals surface area contributed by atoms with E-state index < -0.39 is 28.5 Å². The SMILES string of the molecule is CCC(C(=O)NC1CCCC1)N(Cc1ccccc1)C(=O)CN(c1ccc(Oc2ccccc2)cc1)S(=O)(=O)c1ccccc1. The highest BCUT2D eigenvalue weighted by atomic mass is 32.2. The number of hydrogen-bond donors (Lipinski definition) is 1. The van der Waals surface area contributed by atoms with E-state index in [1.165, 1.54) is 17.0 Å². The molecule has 8 nitrogen and oxygen atoms in total. The molecule has 0 saturated heterocycles. The van der Waals surface area contributed by atoms with Gasteiger partial charge in [-0.05, 0) is 73.4 Å². The normalized spacial score (nSPS) is 14.0. The summed E-state index contributed by atoms with van der Waals surface area (Å²) in [6.45, 7) is 1.55.